The molecule has 2 rings (SSSR count). The highest BCUT2D eigenvalue weighted by Gasteiger charge is 2.18. The van der Waals surface area contributed by atoms with Gasteiger partial charge in [-0.25, -0.2) is 0 Å². The normalized spacial score (nSPS) is 10.5. The van der Waals surface area contributed by atoms with Crippen LogP contribution in [0.3, 0.4) is 0 Å². The number of furan rings is 1. The zero-order chi connectivity index (χ0) is 10.1. The Bertz CT molecular complexity index is 449. The highest BCUT2D eigenvalue weighted by atomic mass is 16.5. The van der Waals surface area contributed by atoms with Crippen LogP contribution >= 0.6 is 0 Å². The summed E-state index contributed by atoms with van der Waals surface area (Å²) in [7, 11) is 0.0196. The van der Waals surface area contributed by atoms with E-state index in [4.69, 9.17) is 19.2 Å². The molecule has 0 aliphatic rings. The predicted octanol–water partition coefficient (Wildman–Crippen LogP) is 0.121. The largest absolute Gasteiger partial charge is 0.496 e. The number of fused-ring (bicyclic) bond motifs is 1. The first kappa shape index (κ1) is 9.11. The van der Waals surface area contributed by atoms with E-state index in [1.165, 1.54) is 6.26 Å². The lowest BCUT2D eigenvalue weighted by Crippen LogP contribution is -2.30. The molecule has 14 heavy (non-hydrogen) atoms. The van der Waals surface area contributed by atoms with E-state index in [1.54, 1.807) is 25.3 Å². The molecule has 2 N–H and O–H groups in total. The van der Waals surface area contributed by atoms with Crippen molar-refractivity contribution >= 4 is 23.6 Å². The number of benzene rings is 1. The highest BCUT2D eigenvalue weighted by Crippen LogP contribution is 2.24. The molecule has 0 radical (unpaired) electrons. The molecule has 0 bridgehead atoms. The van der Waals surface area contributed by atoms with E-state index in [9.17, 15) is 0 Å². The van der Waals surface area contributed by atoms with Crippen molar-refractivity contribution in [1.29, 1.82) is 0 Å². The minimum atomic E-state index is -1.53. The maximum atomic E-state index is 9.06. The van der Waals surface area contributed by atoms with Gasteiger partial charge in [-0.2, -0.15) is 0 Å². The average molecular weight is 192 g/mol. The molecule has 0 unspecified atom stereocenters. The standard InChI is InChI=1S/C9H9BO4/c1-13-8-3-2-7(10(11)12)9-6(8)4-5-14-9/h2-5,11-12H,1H3. The van der Waals surface area contributed by atoms with E-state index in [0.29, 0.717) is 16.8 Å². The molecule has 1 aromatic carbocycles. The molecule has 0 aliphatic carbocycles. The van der Waals surface area contributed by atoms with Gasteiger partial charge in [0.05, 0.1) is 18.8 Å². The van der Waals surface area contributed by atoms with Crippen molar-refractivity contribution in [3.63, 3.8) is 0 Å². The fraction of sp³-hybridized carbons (Fsp3) is 0.111. The maximum Gasteiger partial charge on any atom is 0.492 e. The Morgan fingerprint density at radius 1 is 1.29 bits per heavy atom. The SMILES string of the molecule is COc1ccc(B(O)O)c2occc12. The van der Waals surface area contributed by atoms with Gasteiger partial charge in [0.1, 0.15) is 11.3 Å². The Kier molecular flexibility index (Phi) is 2.19. The van der Waals surface area contributed by atoms with Gasteiger partial charge in [-0.15, -0.1) is 0 Å². The summed E-state index contributed by atoms with van der Waals surface area (Å²) in [4.78, 5) is 0. The topological polar surface area (TPSA) is 62.8 Å². The summed E-state index contributed by atoms with van der Waals surface area (Å²) in [6, 6.07) is 4.96. The van der Waals surface area contributed by atoms with Gasteiger partial charge in [0.2, 0.25) is 0 Å². The second-order valence-corrected chi connectivity index (χ2v) is 2.89. The fourth-order valence-electron chi connectivity index (χ4n) is 1.44. The van der Waals surface area contributed by atoms with Crippen molar-refractivity contribution in [2.75, 3.05) is 7.11 Å². The summed E-state index contributed by atoms with van der Waals surface area (Å²) in [6.07, 6.45) is 1.49. The minimum absolute atomic E-state index is 0.339. The van der Waals surface area contributed by atoms with Crippen molar-refractivity contribution in [2.45, 2.75) is 0 Å². The summed E-state index contributed by atoms with van der Waals surface area (Å²) in [6.45, 7) is 0. The van der Waals surface area contributed by atoms with Crippen molar-refractivity contribution in [1.82, 2.24) is 0 Å². The quantitative estimate of drug-likeness (QED) is 0.663. The molecular formula is C9H9BO4. The zero-order valence-electron chi connectivity index (χ0n) is 7.60. The number of hydrogen-bond donors (Lipinski definition) is 2. The van der Waals surface area contributed by atoms with Crippen LogP contribution in [0, 0.1) is 0 Å². The number of ether oxygens (including phenoxy) is 1. The molecule has 5 heteroatoms. The molecule has 0 aliphatic heterocycles. The summed E-state index contributed by atoms with van der Waals surface area (Å²) in [5.74, 6) is 0.651. The molecule has 1 heterocycles. The van der Waals surface area contributed by atoms with E-state index < -0.39 is 7.12 Å². The molecule has 0 spiro atoms. The molecule has 1 aromatic heterocycles. The van der Waals surface area contributed by atoms with E-state index in [0.717, 1.165) is 5.39 Å². The van der Waals surface area contributed by atoms with Crippen LogP contribution in [0.25, 0.3) is 11.0 Å². The molecule has 2 aromatic rings. The Morgan fingerprint density at radius 2 is 2.07 bits per heavy atom. The Hall–Kier alpha value is -1.46. The highest BCUT2D eigenvalue weighted by molar-refractivity contribution is 6.61. The van der Waals surface area contributed by atoms with Crippen LogP contribution in [0.2, 0.25) is 0 Å². The van der Waals surface area contributed by atoms with Crippen molar-refractivity contribution in [3.8, 4) is 5.75 Å². The molecule has 0 amide bonds. The van der Waals surface area contributed by atoms with Crippen molar-refractivity contribution < 1.29 is 19.2 Å². The molecule has 4 nitrogen and oxygen atoms in total. The second kappa shape index (κ2) is 3.36. The third-order valence-electron chi connectivity index (χ3n) is 2.11. The summed E-state index contributed by atoms with van der Waals surface area (Å²) in [5.41, 5.74) is 0.783. The van der Waals surface area contributed by atoms with Gasteiger partial charge in [-0.05, 0) is 12.1 Å². The first-order chi connectivity index (χ1) is 6.74. The third-order valence-corrected chi connectivity index (χ3v) is 2.11. The predicted molar refractivity (Wildman–Crippen MR) is 52.6 cm³/mol. The zero-order valence-corrected chi connectivity index (χ0v) is 7.60. The smallest absolute Gasteiger partial charge is 0.492 e. The molecule has 0 atom stereocenters. The molecule has 0 saturated carbocycles. The first-order valence-electron chi connectivity index (χ1n) is 4.14. The monoisotopic (exact) mass is 192 g/mol. The van der Waals surface area contributed by atoms with Crippen LogP contribution in [0.1, 0.15) is 0 Å². The molecule has 0 saturated heterocycles. The van der Waals surface area contributed by atoms with E-state index >= 15 is 0 Å². The first-order valence-corrected chi connectivity index (χ1v) is 4.14. The lowest BCUT2D eigenvalue weighted by molar-refractivity contribution is 0.418. The molecular weight excluding hydrogens is 183 g/mol. The number of rotatable bonds is 2. The van der Waals surface area contributed by atoms with E-state index in [2.05, 4.69) is 0 Å². The van der Waals surface area contributed by atoms with Crippen LogP contribution in [0.15, 0.2) is 28.9 Å². The number of hydrogen-bond acceptors (Lipinski definition) is 4. The van der Waals surface area contributed by atoms with Gasteiger partial charge >= 0.3 is 7.12 Å². The van der Waals surface area contributed by atoms with E-state index in [-0.39, 0.29) is 0 Å². The van der Waals surface area contributed by atoms with Gasteiger partial charge in [-0.3, -0.25) is 0 Å². The van der Waals surface area contributed by atoms with Crippen LogP contribution in [-0.2, 0) is 0 Å². The van der Waals surface area contributed by atoms with Crippen LogP contribution < -0.4 is 10.2 Å². The van der Waals surface area contributed by atoms with Crippen LogP contribution in [-0.4, -0.2) is 24.3 Å². The Balaban J connectivity index is 2.72. The Morgan fingerprint density at radius 3 is 2.71 bits per heavy atom. The van der Waals surface area contributed by atoms with Crippen LogP contribution in [0.4, 0.5) is 0 Å². The van der Waals surface area contributed by atoms with E-state index in [1.807, 2.05) is 0 Å². The fourth-order valence-corrected chi connectivity index (χ4v) is 1.44. The van der Waals surface area contributed by atoms with Gasteiger partial charge in [0.15, 0.2) is 0 Å². The summed E-state index contributed by atoms with van der Waals surface area (Å²) < 4.78 is 10.3. The van der Waals surface area contributed by atoms with Gasteiger partial charge in [0.25, 0.3) is 0 Å². The number of methoxy groups -OCH3 is 1. The lowest BCUT2D eigenvalue weighted by atomic mass is 9.79. The van der Waals surface area contributed by atoms with Gasteiger partial charge in [0, 0.05) is 5.46 Å². The lowest BCUT2D eigenvalue weighted by Gasteiger charge is -2.04. The van der Waals surface area contributed by atoms with Crippen molar-refractivity contribution in [3.05, 3.63) is 24.5 Å². The molecule has 72 valence electrons. The van der Waals surface area contributed by atoms with Gasteiger partial charge in [-0.1, -0.05) is 6.07 Å². The van der Waals surface area contributed by atoms with Gasteiger partial charge < -0.3 is 19.2 Å². The van der Waals surface area contributed by atoms with Crippen molar-refractivity contribution in [2.24, 2.45) is 0 Å². The maximum absolute atomic E-state index is 9.06. The Labute approximate surface area is 80.9 Å². The summed E-state index contributed by atoms with van der Waals surface area (Å²) >= 11 is 0. The van der Waals surface area contributed by atoms with Crippen LogP contribution in [0.5, 0.6) is 5.75 Å². The average Bonchev–Trinajstić information content (AvgIpc) is 2.64. The molecule has 0 fully saturated rings. The summed E-state index contributed by atoms with van der Waals surface area (Å²) in [5, 5.41) is 18.9. The minimum Gasteiger partial charge on any atom is -0.496 e. The third kappa shape index (κ3) is 1.27. The second-order valence-electron chi connectivity index (χ2n) is 2.89.